The highest BCUT2D eigenvalue weighted by atomic mass is 19.4. The lowest BCUT2D eigenvalue weighted by atomic mass is 10.0. The predicted octanol–water partition coefficient (Wildman–Crippen LogP) is 3.26. The van der Waals surface area contributed by atoms with Gasteiger partial charge in [0, 0.05) is 13.7 Å². The van der Waals surface area contributed by atoms with Crippen LogP contribution in [0.2, 0.25) is 0 Å². The number of hydrogen-bond donors (Lipinski definition) is 0. The molecule has 1 rings (SSSR count). The second-order valence-corrected chi connectivity index (χ2v) is 4.41. The Kier molecular flexibility index (Phi) is 5.56. The van der Waals surface area contributed by atoms with Gasteiger partial charge in [-0.25, -0.2) is 0 Å². The molecule has 0 aliphatic rings. The summed E-state index contributed by atoms with van der Waals surface area (Å²) in [6.07, 6.45) is -4.39. The first-order valence-electron chi connectivity index (χ1n) is 6.26. The Labute approximate surface area is 116 Å². The molecule has 0 bridgehead atoms. The third-order valence-corrected chi connectivity index (χ3v) is 3.09. The molecule has 0 spiro atoms. The van der Waals surface area contributed by atoms with Gasteiger partial charge >= 0.3 is 6.18 Å². The van der Waals surface area contributed by atoms with Gasteiger partial charge in [0.15, 0.2) is 0 Å². The van der Waals surface area contributed by atoms with Crippen molar-refractivity contribution < 1.29 is 22.7 Å². The number of nitrogens with zero attached hydrogens (tertiary/aromatic N) is 1. The molecular weight excluding hydrogens is 271 g/mol. The lowest BCUT2D eigenvalue weighted by Crippen LogP contribution is -2.35. The topological polar surface area (TPSA) is 29.5 Å². The van der Waals surface area contributed by atoms with E-state index in [2.05, 4.69) is 0 Å². The van der Waals surface area contributed by atoms with Crippen LogP contribution in [0.1, 0.15) is 31.0 Å². The molecule has 0 aliphatic carbocycles. The zero-order valence-electron chi connectivity index (χ0n) is 11.7. The van der Waals surface area contributed by atoms with E-state index in [4.69, 9.17) is 4.74 Å². The number of alkyl halides is 3. The third-order valence-electron chi connectivity index (χ3n) is 3.09. The summed E-state index contributed by atoms with van der Waals surface area (Å²) in [6, 6.07) is 4.59. The van der Waals surface area contributed by atoms with Crippen LogP contribution in [-0.2, 0) is 15.7 Å². The van der Waals surface area contributed by atoms with E-state index in [-0.39, 0.29) is 12.5 Å². The Bertz CT molecular complexity index is 460. The summed E-state index contributed by atoms with van der Waals surface area (Å²) >= 11 is 0. The SMILES string of the molecule is CCN(C(=O)COC)[C@H](C)c1cccc(C(F)(F)F)c1. The van der Waals surface area contributed by atoms with Crippen LogP contribution in [0.25, 0.3) is 0 Å². The molecule has 20 heavy (non-hydrogen) atoms. The maximum absolute atomic E-state index is 12.7. The first kappa shape index (κ1) is 16.5. The number of benzene rings is 1. The summed E-state index contributed by atoms with van der Waals surface area (Å²) in [6.45, 7) is 3.79. The summed E-state index contributed by atoms with van der Waals surface area (Å²) in [5.41, 5.74) is -0.261. The molecule has 0 N–H and O–H groups in total. The minimum atomic E-state index is -4.39. The maximum atomic E-state index is 12.7. The van der Waals surface area contributed by atoms with Gasteiger partial charge in [0.25, 0.3) is 0 Å². The summed E-state index contributed by atoms with van der Waals surface area (Å²) in [4.78, 5) is 13.3. The zero-order valence-corrected chi connectivity index (χ0v) is 11.7. The first-order valence-corrected chi connectivity index (χ1v) is 6.26. The first-order chi connectivity index (χ1) is 9.31. The number of halogens is 3. The molecule has 0 saturated heterocycles. The summed E-state index contributed by atoms with van der Waals surface area (Å²) in [7, 11) is 1.40. The molecule has 0 fully saturated rings. The standard InChI is InChI=1S/C14H18F3NO2/c1-4-18(13(19)9-20-3)10(2)11-6-5-7-12(8-11)14(15,16)17/h5-8,10H,4,9H2,1-3H3/t10-/m1/s1. The molecule has 0 saturated carbocycles. The van der Waals surface area contributed by atoms with Crippen LogP contribution in [0.4, 0.5) is 13.2 Å². The van der Waals surface area contributed by atoms with Crippen LogP contribution in [0.5, 0.6) is 0 Å². The Hall–Kier alpha value is -1.56. The highest BCUT2D eigenvalue weighted by Crippen LogP contribution is 2.31. The van der Waals surface area contributed by atoms with Gasteiger partial charge in [-0.15, -0.1) is 0 Å². The second-order valence-electron chi connectivity index (χ2n) is 4.41. The van der Waals surface area contributed by atoms with Gasteiger partial charge in [0.2, 0.25) is 5.91 Å². The van der Waals surface area contributed by atoms with Crippen LogP contribution in [0.3, 0.4) is 0 Å². The van der Waals surface area contributed by atoms with E-state index in [1.54, 1.807) is 19.9 Å². The van der Waals surface area contributed by atoms with Crippen molar-refractivity contribution in [2.45, 2.75) is 26.1 Å². The van der Waals surface area contributed by atoms with Crippen molar-refractivity contribution in [3.8, 4) is 0 Å². The van der Waals surface area contributed by atoms with Crippen LogP contribution < -0.4 is 0 Å². The Morgan fingerprint density at radius 3 is 2.55 bits per heavy atom. The molecule has 1 atom stereocenters. The molecule has 112 valence electrons. The molecule has 6 heteroatoms. The van der Waals surface area contributed by atoms with Gasteiger partial charge in [0.05, 0.1) is 11.6 Å². The normalized spacial score (nSPS) is 13.1. The molecule has 0 aliphatic heterocycles. The van der Waals surface area contributed by atoms with E-state index >= 15 is 0 Å². The fourth-order valence-electron chi connectivity index (χ4n) is 2.03. The molecule has 1 aromatic carbocycles. The minimum Gasteiger partial charge on any atom is -0.375 e. The number of amides is 1. The monoisotopic (exact) mass is 289 g/mol. The zero-order chi connectivity index (χ0) is 15.3. The van der Waals surface area contributed by atoms with Crippen molar-refractivity contribution >= 4 is 5.91 Å². The predicted molar refractivity (Wildman–Crippen MR) is 69.1 cm³/mol. The molecule has 1 aromatic rings. The number of carbonyl (C=O) groups is 1. The molecule has 0 unspecified atom stereocenters. The number of rotatable bonds is 5. The van der Waals surface area contributed by atoms with Crippen LogP contribution in [0, 0.1) is 0 Å². The lowest BCUT2D eigenvalue weighted by Gasteiger charge is -2.28. The number of methoxy groups -OCH3 is 1. The van der Waals surface area contributed by atoms with Gasteiger partial charge in [-0.1, -0.05) is 12.1 Å². The number of likely N-dealkylation sites (N-methyl/N-ethyl adjacent to an activating group) is 1. The number of carbonyl (C=O) groups excluding carboxylic acids is 1. The van der Waals surface area contributed by atoms with Gasteiger partial charge in [-0.2, -0.15) is 13.2 Å². The van der Waals surface area contributed by atoms with Crippen molar-refractivity contribution in [2.75, 3.05) is 20.3 Å². The molecular formula is C14H18F3NO2. The molecule has 1 amide bonds. The summed E-state index contributed by atoms with van der Waals surface area (Å²) in [5, 5.41) is 0. The summed E-state index contributed by atoms with van der Waals surface area (Å²) < 4.78 is 42.9. The van der Waals surface area contributed by atoms with Crippen molar-refractivity contribution in [3.05, 3.63) is 35.4 Å². The quantitative estimate of drug-likeness (QED) is 0.832. The van der Waals surface area contributed by atoms with E-state index in [9.17, 15) is 18.0 Å². The van der Waals surface area contributed by atoms with Crippen molar-refractivity contribution in [1.82, 2.24) is 4.90 Å². The van der Waals surface area contributed by atoms with Gasteiger partial charge in [0.1, 0.15) is 6.61 Å². The Morgan fingerprint density at radius 1 is 1.40 bits per heavy atom. The van der Waals surface area contributed by atoms with E-state index in [1.807, 2.05) is 0 Å². The van der Waals surface area contributed by atoms with E-state index in [1.165, 1.54) is 18.1 Å². The van der Waals surface area contributed by atoms with E-state index in [0.717, 1.165) is 12.1 Å². The lowest BCUT2D eigenvalue weighted by molar-refractivity contribution is -0.137. The number of hydrogen-bond acceptors (Lipinski definition) is 2. The highest BCUT2D eigenvalue weighted by molar-refractivity contribution is 5.77. The summed E-state index contributed by atoms with van der Waals surface area (Å²) in [5.74, 6) is -0.250. The van der Waals surface area contributed by atoms with Crippen molar-refractivity contribution in [3.63, 3.8) is 0 Å². The second kappa shape index (κ2) is 6.74. The van der Waals surface area contributed by atoms with Crippen molar-refractivity contribution in [2.24, 2.45) is 0 Å². The molecule has 0 aromatic heterocycles. The van der Waals surface area contributed by atoms with Crippen LogP contribution >= 0.6 is 0 Å². The van der Waals surface area contributed by atoms with Gasteiger partial charge in [-0.05, 0) is 31.5 Å². The largest absolute Gasteiger partial charge is 0.416 e. The van der Waals surface area contributed by atoms with E-state index in [0.29, 0.717) is 12.1 Å². The van der Waals surface area contributed by atoms with E-state index < -0.39 is 17.8 Å². The van der Waals surface area contributed by atoms with Crippen molar-refractivity contribution in [1.29, 1.82) is 0 Å². The average Bonchev–Trinajstić information content (AvgIpc) is 2.39. The van der Waals surface area contributed by atoms with Gasteiger partial charge < -0.3 is 9.64 Å². The highest BCUT2D eigenvalue weighted by Gasteiger charge is 2.31. The smallest absolute Gasteiger partial charge is 0.375 e. The fourth-order valence-corrected chi connectivity index (χ4v) is 2.03. The van der Waals surface area contributed by atoms with Crippen LogP contribution in [0.15, 0.2) is 24.3 Å². The minimum absolute atomic E-state index is 0.0862. The maximum Gasteiger partial charge on any atom is 0.416 e. The molecule has 3 nitrogen and oxygen atoms in total. The fraction of sp³-hybridized carbons (Fsp3) is 0.500. The van der Waals surface area contributed by atoms with Crippen LogP contribution in [-0.4, -0.2) is 31.1 Å². The number of ether oxygens (including phenoxy) is 1. The Balaban J connectivity index is 3.01. The molecule has 0 radical (unpaired) electrons. The molecule has 0 heterocycles. The Morgan fingerprint density at radius 2 is 2.05 bits per heavy atom. The average molecular weight is 289 g/mol. The third kappa shape index (κ3) is 3.96. The van der Waals surface area contributed by atoms with Gasteiger partial charge in [-0.3, -0.25) is 4.79 Å².